The van der Waals surface area contributed by atoms with E-state index in [0.29, 0.717) is 24.8 Å². The molecule has 0 radical (unpaired) electrons. The minimum atomic E-state index is -2.17. The number of hydrogen-bond donors (Lipinski definition) is 2. The van der Waals surface area contributed by atoms with E-state index in [4.69, 9.17) is 13.6 Å². The molecule has 2 N–H and O–H groups in total. The molecule has 0 aliphatic carbocycles. The third-order valence-electron chi connectivity index (χ3n) is 8.75. The molecule has 2 aromatic heterocycles. The van der Waals surface area contributed by atoms with Crippen molar-refractivity contribution in [2.45, 2.75) is 103 Å². The molecule has 0 spiro atoms. The molecule has 0 amide bonds. The minimum absolute atomic E-state index is 0.00563. The van der Waals surface area contributed by atoms with E-state index < -0.39 is 34.1 Å². The second kappa shape index (κ2) is 14.1. The molecule has 0 aromatic carbocycles. The molecule has 1 aliphatic rings. The van der Waals surface area contributed by atoms with Crippen molar-refractivity contribution in [3.63, 3.8) is 0 Å². The number of nitrogens with zero attached hydrogens (tertiary/aromatic N) is 5. The van der Waals surface area contributed by atoms with Crippen LogP contribution in [0.25, 0.3) is 0 Å². The average molecular weight is 658 g/mol. The summed E-state index contributed by atoms with van der Waals surface area (Å²) in [4.78, 5) is 42.5. The predicted octanol–water partition coefficient (Wildman–Crippen LogP) is 4.71. The number of aromatic nitrogens is 4. The highest BCUT2D eigenvalue weighted by Crippen LogP contribution is 2.42. The zero-order chi connectivity index (χ0) is 33.8. The number of H-pyrrole nitrogens is 1. The number of anilines is 1. The topological polar surface area (TPSA) is 136 Å². The summed E-state index contributed by atoms with van der Waals surface area (Å²) in [7, 11) is -0.518. The maximum Gasteiger partial charge on any atom is 0.330 e. The molecule has 3 heterocycles. The summed E-state index contributed by atoms with van der Waals surface area (Å²) in [6.45, 7) is 22.6. The monoisotopic (exact) mass is 657 g/mol. The van der Waals surface area contributed by atoms with Crippen LogP contribution in [0.2, 0.25) is 36.3 Å². The Balaban J connectivity index is 1.82. The molecule has 0 bridgehead atoms. The van der Waals surface area contributed by atoms with E-state index in [1.54, 1.807) is 23.5 Å². The molecule has 1 saturated heterocycles. The smallest absolute Gasteiger partial charge is 0.330 e. The largest absolute Gasteiger partial charge is 0.414 e. The van der Waals surface area contributed by atoms with E-state index in [0.717, 1.165) is 0 Å². The molecule has 1 fully saturated rings. The molecule has 0 unspecified atom stereocenters. The van der Waals surface area contributed by atoms with Crippen molar-refractivity contribution in [1.82, 2.24) is 24.4 Å². The number of aromatic amines is 1. The third-order valence-corrected chi connectivity index (χ3v) is 17.8. The standard InChI is InChI=1S/C31H51N7O5Si2/c1-30(2,3)44(9,10)41-20-24-23(43-45(11,12)31(4,5)6)18-26(42-24)38-19-22(27(39)36-29(38)40)14-13-16-32-25-15-17-33-28(35-25)34-21-37(7)8/h15,17,19,21,23-24,26H,16,18,20H2,1-12H3,(H,32,33,35)(H,36,39,40)/b34-21+/t23-,24+,26+/m0/s1. The van der Waals surface area contributed by atoms with Crippen molar-refractivity contribution in [3.05, 3.63) is 44.9 Å². The van der Waals surface area contributed by atoms with Gasteiger partial charge in [-0.25, -0.2) is 14.8 Å². The fourth-order valence-electron chi connectivity index (χ4n) is 3.95. The Kier molecular flexibility index (Phi) is 11.4. The van der Waals surface area contributed by atoms with Crippen LogP contribution in [0.5, 0.6) is 0 Å². The fraction of sp³-hybridized carbons (Fsp3) is 0.645. The average Bonchev–Trinajstić information content (AvgIpc) is 3.30. The van der Waals surface area contributed by atoms with Crippen LogP contribution >= 0.6 is 0 Å². The van der Waals surface area contributed by atoms with Gasteiger partial charge in [0.1, 0.15) is 23.7 Å². The normalized spacial score (nSPS) is 19.4. The fourth-order valence-corrected chi connectivity index (χ4v) is 6.32. The molecule has 248 valence electrons. The van der Waals surface area contributed by atoms with Gasteiger partial charge in [-0.05, 0) is 42.3 Å². The molecule has 3 rings (SSSR count). The third kappa shape index (κ3) is 9.70. The summed E-state index contributed by atoms with van der Waals surface area (Å²) in [5.74, 6) is 6.67. The van der Waals surface area contributed by atoms with E-state index in [1.807, 2.05) is 14.1 Å². The van der Waals surface area contributed by atoms with Gasteiger partial charge in [-0.1, -0.05) is 53.4 Å². The molecule has 0 saturated carbocycles. The maximum atomic E-state index is 13.0. The van der Waals surface area contributed by atoms with Crippen molar-refractivity contribution in [2.75, 3.05) is 32.6 Å². The van der Waals surface area contributed by atoms with Crippen LogP contribution in [0.4, 0.5) is 11.8 Å². The lowest BCUT2D eigenvalue weighted by Gasteiger charge is -2.40. The van der Waals surface area contributed by atoms with Gasteiger partial charge in [-0.3, -0.25) is 14.3 Å². The van der Waals surface area contributed by atoms with Crippen LogP contribution in [0, 0.1) is 11.8 Å². The summed E-state index contributed by atoms with van der Waals surface area (Å²) < 4.78 is 21.3. The van der Waals surface area contributed by atoms with Gasteiger partial charge in [0.2, 0.25) is 0 Å². The first-order chi connectivity index (χ1) is 20.7. The van der Waals surface area contributed by atoms with Crippen LogP contribution in [-0.4, -0.2) is 86.8 Å². The molecular weight excluding hydrogens is 607 g/mol. The van der Waals surface area contributed by atoms with E-state index in [-0.39, 0.29) is 34.4 Å². The Morgan fingerprint density at radius 1 is 1.16 bits per heavy atom. The van der Waals surface area contributed by atoms with E-state index in [2.05, 4.69) is 105 Å². The summed E-state index contributed by atoms with van der Waals surface area (Å²) in [5, 5.41) is 3.12. The predicted molar refractivity (Wildman–Crippen MR) is 184 cm³/mol. The Bertz CT molecular complexity index is 1530. The first kappa shape index (κ1) is 36.4. The van der Waals surface area contributed by atoms with Crippen LogP contribution in [-0.2, 0) is 13.6 Å². The van der Waals surface area contributed by atoms with Gasteiger partial charge in [0.15, 0.2) is 16.6 Å². The van der Waals surface area contributed by atoms with Gasteiger partial charge >= 0.3 is 5.69 Å². The van der Waals surface area contributed by atoms with Gasteiger partial charge in [-0.15, -0.1) is 0 Å². The lowest BCUT2D eigenvalue weighted by atomic mass is 10.2. The van der Waals surface area contributed by atoms with Crippen molar-refractivity contribution in [2.24, 2.45) is 4.99 Å². The van der Waals surface area contributed by atoms with Crippen LogP contribution in [0.3, 0.4) is 0 Å². The summed E-state index contributed by atoms with van der Waals surface area (Å²) >= 11 is 0. The van der Waals surface area contributed by atoms with Crippen LogP contribution in [0.1, 0.15) is 59.8 Å². The number of ether oxygens (including phenoxy) is 1. The Hall–Kier alpha value is -3.10. The zero-order valence-electron chi connectivity index (χ0n) is 28.9. The second-order valence-corrected chi connectivity index (χ2v) is 24.2. The molecule has 1 aliphatic heterocycles. The minimum Gasteiger partial charge on any atom is -0.414 e. The first-order valence-corrected chi connectivity index (χ1v) is 21.1. The molecule has 14 heteroatoms. The lowest BCUT2D eigenvalue weighted by Crippen LogP contribution is -2.48. The van der Waals surface area contributed by atoms with Gasteiger partial charge in [-0.2, -0.15) is 4.98 Å². The van der Waals surface area contributed by atoms with Crippen molar-refractivity contribution in [1.29, 1.82) is 0 Å². The molecule has 12 nitrogen and oxygen atoms in total. The van der Waals surface area contributed by atoms with Crippen molar-refractivity contribution < 1.29 is 13.6 Å². The van der Waals surface area contributed by atoms with E-state index in [9.17, 15) is 9.59 Å². The van der Waals surface area contributed by atoms with E-state index in [1.165, 1.54) is 10.8 Å². The van der Waals surface area contributed by atoms with Gasteiger partial charge < -0.3 is 23.8 Å². The summed E-state index contributed by atoms with van der Waals surface area (Å²) in [6.07, 6.45) is 3.86. The van der Waals surface area contributed by atoms with Gasteiger partial charge in [0, 0.05) is 32.9 Å². The number of hydrogen-bond acceptors (Lipinski definition) is 9. The lowest BCUT2D eigenvalue weighted by molar-refractivity contribution is -0.0412. The maximum absolute atomic E-state index is 13.0. The van der Waals surface area contributed by atoms with Crippen LogP contribution in [0.15, 0.2) is 33.0 Å². The van der Waals surface area contributed by atoms with Gasteiger partial charge in [0.05, 0.1) is 25.6 Å². The number of nitrogens with one attached hydrogen (secondary N) is 2. The quantitative estimate of drug-likeness (QED) is 0.161. The number of rotatable bonds is 10. The highest BCUT2D eigenvalue weighted by molar-refractivity contribution is 6.74. The Labute approximate surface area is 269 Å². The Morgan fingerprint density at radius 2 is 1.82 bits per heavy atom. The molecule has 45 heavy (non-hydrogen) atoms. The summed E-state index contributed by atoms with van der Waals surface area (Å²) in [5.41, 5.74) is -0.963. The number of aliphatic imine (C=N–C) groups is 1. The zero-order valence-corrected chi connectivity index (χ0v) is 30.9. The molecular formula is C31H51N7O5Si2. The Morgan fingerprint density at radius 3 is 2.44 bits per heavy atom. The van der Waals surface area contributed by atoms with Crippen molar-refractivity contribution >= 4 is 34.7 Å². The highest BCUT2D eigenvalue weighted by Gasteiger charge is 2.46. The second-order valence-electron chi connectivity index (χ2n) is 14.7. The SMILES string of the molecule is CN(C)/C=N/c1nccc(NCC#Cc2cn([C@H]3C[C@H](O[Si](C)(C)C(C)(C)C)[C@@H](CO[Si](C)(C)C(C)(C)C)O3)c(=O)[nH]c2=O)n1. The van der Waals surface area contributed by atoms with E-state index >= 15 is 0 Å². The van der Waals surface area contributed by atoms with Crippen LogP contribution < -0.4 is 16.6 Å². The molecule has 2 aromatic rings. The highest BCUT2D eigenvalue weighted by atomic mass is 28.4. The van der Waals surface area contributed by atoms with Gasteiger partial charge in [0.25, 0.3) is 11.5 Å². The first-order valence-electron chi connectivity index (χ1n) is 15.3. The molecule has 3 atom stereocenters. The van der Waals surface area contributed by atoms with Crippen molar-refractivity contribution in [3.8, 4) is 11.8 Å². The summed E-state index contributed by atoms with van der Waals surface area (Å²) in [6, 6.07) is 1.70.